The van der Waals surface area contributed by atoms with E-state index in [0.29, 0.717) is 39.4 Å². The zero-order valence-electron chi connectivity index (χ0n) is 16.0. The predicted molar refractivity (Wildman–Crippen MR) is 102 cm³/mol. The van der Waals surface area contributed by atoms with Gasteiger partial charge in [0.2, 0.25) is 0 Å². The molecule has 0 aliphatic heterocycles. The lowest BCUT2D eigenvalue weighted by Gasteiger charge is -2.12. The summed E-state index contributed by atoms with van der Waals surface area (Å²) in [4.78, 5) is 28.9. The quantitative estimate of drug-likeness (QED) is 0.479. The van der Waals surface area contributed by atoms with Crippen molar-refractivity contribution in [3.8, 4) is 11.5 Å². The molecule has 2 heterocycles. The number of carbonyl (C=O) groups excluding carboxylic acids is 1. The van der Waals surface area contributed by atoms with Crippen LogP contribution in [0.3, 0.4) is 0 Å². The van der Waals surface area contributed by atoms with E-state index in [1.165, 1.54) is 47.6 Å². The number of H-pyrrole nitrogens is 1. The molecule has 0 unspecified atom stereocenters. The smallest absolute Gasteiger partial charge is 0.423 e. The second-order valence-corrected chi connectivity index (χ2v) is 6.49. The summed E-state index contributed by atoms with van der Waals surface area (Å²) in [5, 5.41) is 4.84. The Bertz CT molecular complexity index is 1310. The lowest BCUT2D eigenvalue weighted by Crippen LogP contribution is -2.31. The second kappa shape index (κ2) is 7.01. The van der Waals surface area contributed by atoms with Gasteiger partial charge < -0.3 is 9.47 Å². The van der Waals surface area contributed by atoms with Crippen LogP contribution >= 0.6 is 0 Å². The van der Waals surface area contributed by atoms with E-state index in [4.69, 9.17) is 9.47 Å². The molecule has 0 spiro atoms. The first-order valence-electron chi connectivity index (χ1n) is 8.79. The Balaban J connectivity index is 1.97. The number of methoxy groups -OCH3 is 2. The van der Waals surface area contributed by atoms with E-state index in [-0.39, 0.29) is 12.3 Å². The molecule has 0 radical (unpaired) electrons. The summed E-state index contributed by atoms with van der Waals surface area (Å²) >= 11 is 0. The first-order valence-corrected chi connectivity index (χ1v) is 8.79. The highest BCUT2D eigenvalue weighted by atomic mass is 19.1. The number of nitrogens with one attached hydrogen (secondary N) is 1. The number of benzene rings is 2. The maximum Gasteiger partial charge on any atom is 0.423 e. The van der Waals surface area contributed by atoms with Gasteiger partial charge in [-0.25, -0.2) is 14.2 Å². The number of Topliss-reactive ketones (excluding diaryl/α,β-unsaturated/α-hetero) is 1. The molecule has 2 aromatic heterocycles. The monoisotopic (exact) mass is 397 g/mol. The van der Waals surface area contributed by atoms with Crippen LogP contribution < -0.4 is 20.1 Å². The van der Waals surface area contributed by atoms with Crippen molar-refractivity contribution in [3.05, 3.63) is 64.1 Å². The number of fused-ring (bicyclic) bond motifs is 3. The number of carbonyl (C=O) groups is 1. The molecule has 4 aromatic rings. The summed E-state index contributed by atoms with van der Waals surface area (Å²) < 4.78 is 26.4. The Kier molecular flexibility index (Phi) is 4.50. The Morgan fingerprint density at radius 3 is 2.45 bits per heavy atom. The minimum atomic E-state index is -0.487. The van der Waals surface area contributed by atoms with Gasteiger partial charge in [0.15, 0.2) is 17.3 Å². The third-order valence-electron chi connectivity index (χ3n) is 4.69. The van der Waals surface area contributed by atoms with Gasteiger partial charge >= 0.3 is 5.69 Å². The molecule has 0 aliphatic carbocycles. The third-order valence-corrected chi connectivity index (χ3v) is 4.69. The van der Waals surface area contributed by atoms with Crippen molar-refractivity contribution in [1.82, 2.24) is 14.2 Å². The highest BCUT2D eigenvalue weighted by molar-refractivity contribution is 5.98. The molecule has 0 amide bonds. The zero-order chi connectivity index (χ0) is 20.7. The van der Waals surface area contributed by atoms with Crippen LogP contribution in [0.4, 0.5) is 4.39 Å². The second-order valence-electron chi connectivity index (χ2n) is 6.49. The molecule has 0 fully saturated rings. The number of rotatable bonds is 5. The van der Waals surface area contributed by atoms with Crippen LogP contribution in [-0.4, -0.2) is 34.2 Å². The topological polar surface area (TPSA) is 89.0 Å². The van der Waals surface area contributed by atoms with E-state index in [1.54, 1.807) is 19.1 Å². The van der Waals surface area contributed by atoms with Crippen LogP contribution in [0, 0.1) is 12.7 Å². The fourth-order valence-electron chi connectivity index (χ4n) is 3.29. The SMILES string of the molecule is COc1cc2c(cc1OC)n(CC(=O)c1ccc(F)cc1)c(=O)n1nc(C)[nH+]c21. The Hall–Kier alpha value is -3.75. The lowest BCUT2D eigenvalue weighted by atomic mass is 10.1. The van der Waals surface area contributed by atoms with Gasteiger partial charge in [-0.05, 0) is 28.8 Å². The van der Waals surface area contributed by atoms with Crippen molar-refractivity contribution in [2.24, 2.45) is 0 Å². The molecule has 8 nitrogen and oxygen atoms in total. The maximum atomic E-state index is 13.2. The van der Waals surface area contributed by atoms with E-state index >= 15 is 0 Å². The molecule has 0 bridgehead atoms. The van der Waals surface area contributed by atoms with Gasteiger partial charge in [0, 0.05) is 24.6 Å². The summed E-state index contributed by atoms with van der Waals surface area (Å²) in [5.41, 5.74) is 0.774. The standard InChI is InChI=1S/C20H17FN4O4/c1-11-22-19-14-8-17(28-2)18(29-3)9-15(14)24(20(27)25(19)23-11)10-16(26)12-4-6-13(21)7-5-12/h4-9H,10H2,1-3H3/p+1. The number of aromatic amines is 1. The van der Waals surface area contributed by atoms with Crippen molar-refractivity contribution in [3.63, 3.8) is 0 Å². The van der Waals surface area contributed by atoms with Gasteiger partial charge in [-0.3, -0.25) is 9.36 Å². The highest BCUT2D eigenvalue weighted by Gasteiger charge is 2.23. The molecule has 2 aromatic carbocycles. The van der Waals surface area contributed by atoms with Crippen molar-refractivity contribution in [1.29, 1.82) is 0 Å². The molecule has 9 heteroatoms. The van der Waals surface area contributed by atoms with Crippen LogP contribution in [0.1, 0.15) is 16.2 Å². The molecule has 29 heavy (non-hydrogen) atoms. The summed E-state index contributed by atoms with van der Waals surface area (Å²) in [7, 11) is 3.00. The van der Waals surface area contributed by atoms with E-state index in [9.17, 15) is 14.0 Å². The normalized spacial score (nSPS) is 11.2. The fraction of sp³-hybridized carbons (Fsp3) is 0.200. The first-order chi connectivity index (χ1) is 13.9. The summed E-state index contributed by atoms with van der Waals surface area (Å²) in [6.07, 6.45) is 0. The van der Waals surface area contributed by atoms with Crippen LogP contribution in [0.15, 0.2) is 41.2 Å². The van der Waals surface area contributed by atoms with E-state index in [0.717, 1.165) is 0 Å². The van der Waals surface area contributed by atoms with Crippen molar-refractivity contribution >= 4 is 22.3 Å². The lowest BCUT2D eigenvalue weighted by molar-refractivity contribution is -0.355. The van der Waals surface area contributed by atoms with Gasteiger partial charge in [0.1, 0.15) is 5.82 Å². The molecule has 0 saturated carbocycles. The number of hydrogen-bond acceptors (Lipinski definition) is 5. The number of hydrogen-bond donors (Lipinski definition) is 0. The average molecular weight is 397 g/mol. The van der Waals surface area contributed by atoms with Crippen molar-refractivity contribution in [2.45, 2.75) is 13.5 Å². The molecule has 4 rings (SSSR count). The molecule has 0 saturated heterocycles. The molecular formula is C20H18FN4O4+. The largest absolute Gasteiger partial charge is 0.493 e. The van der Waals surface area contributed by atoms with Crippen LogP contribution in [0.5, 0.6) is 11.5 Å². The number of ketones is 1. The van der Waals surface area contributed by atoms with Gasteiger partial charge in [0.25, 0.3) is 11.5 Å². The number of aromatic nitrogens is 4. The first kappa shape index (κ1) is 18.6. The molecule has 0 aliphatic rings. The minimum Gasteiger partial charge on any atom is -0.493 e. The van der Waals surface area contributed by atoms with Gasteiger partial charge in [0.05, 0.1) is 36.8 Å². The predicted octanol–water partition coefficient (Wildman–Crippen LogP) is 1.81. The Morgan fingerprint density at radius 1 is 1.14 bits per heavy atom. The van der Waals surface area contributed by atoms with Crippen LogP contribution in [0.2, 0.25) is 0 Å². The summed E-state index contributed by atoms with van der Waals surface area (Å²) in [6.45, 7) is 1.48. The highest BCUT2D eigenvalue weighted by Crippen LogP contribution is 2.32. The van der Waals surface area contributed by atoms with E-state index < -0.39 is 11.5 Å². The third kappa shape index (κ3) is 3.10. The molecule has 1 N–H and O–H groups in total. The van der Waals surface area contributed by atoms with E-state index in [2.05, 4.69) is 10.1 Å². The summed E-state index contributed by atoms with van der Waals surface area (Å²) in [5.74, 6) is 0.661. The van der Waals surface area contributed by atoms with Crippen LogP contribution in [-0.2, 0) is 6.54 Å². The van der Waals surface area contributed by atoms with Gasteiger partial charge in [-0.2, -0.15) is 0 Å². The minimum absolute atomic E-state index is 0.245. The molecular weight excluding hydrogens is 379 g/mol. The summed E-state index contributed by atoms with van der Waals surface area (Å²) in [6, 6.07) is 8.55. The van der Waals surface area contributed by atoms with Gasteiger partial charge in [-0.1, -0.05) is 0 Å². The van der Waals surface area contributed by atoms with Crippen molar-refractivity contribution < 1.29 is 23.6 Å². The number of halogens is 1. The molecule has 148 valence electrons. The maximum absolute atomic E-state index is 13.2. The Morgan fingerprint density at radius 2 is 1.79 bits per heavy atom. The molecule has 0 atom stereocenters. The number of ether oxygens (including phenoxy) is 2. The van der Waals surface area contributed by atoms with E-state index in [1.807, 2.05) is 0 Å². The van der Waals surface area contributed by atoms with Gasteiger partial charge in [-0.15, -0.1) is 0 Å². The Labute approximate surface area is 164 Å². The number of nitrogens with zero attached hydrogens (tertiary/aromatic N) is 3. The number of aryl methyl sites for hydroxylation is 1. The van der Waals surface area contributed by atoms with Crippen molar-refractivity contribution in [2.75, 3.05) is 14.2 Å². The zero-order valence-corrected chi connectivity index (χ0v) is 16.0. The average Bonchev–Trinajstić information content (AvgIpc) is 3.12. The fourth-order valence-corrected chi connectivity index (χ4v) is 3.29. The van der Waals surface area contributed by atoms with Crippen LogP contribution in [0.25, 0.3) is 16.6 Å².